The summed E-state index contributed by atoms with van der Waals surface area (Å²) < 4.78 is 1.27. The summed E-state index contributed by atoms with van der Waals surface area (Å²) in [6.07, 6.45) is 3.55. The van der Waals surface area contributed by atoms with Crippen molar-refractivity contribution >= 4 is 28.5 Å². The van der Waals surface area contributed by atoms with E-state index in [-0.39, 0.29) is 18.5 Å². The molecule has 122 valence electrons. The van der Waals surface area contributed by atoms with E-state index >= 15 is 0 Å². The van der Waals surface area contributed by atoms with Crippen LogP contribution in [0.15, 0.2) is 18.2 Å². The SMILES string of the molecule is C[C@@H](CN1CCCCc2ccc(I)cc2C1)NC(=O)CNO. The van der Waals surface area contributed by atoms with E-state index in [2.05, 4.69) is 51.0 Å². The minimum atomic E-state index is -0.183. The van der Waals surface area contributed by atoms with Gasteiger partial charge < -0.3 is 10.5 Å². The number of rotatable bonds is 5. The minimum absolute atomic E-state index is 0.0616. The number of amides is 1. The third-order valence-corrected chi connectivity index (χ3v) is 4.58. The number of nitrogens with one attached hydrogen (secondary N) is 2. The van der Waals surface area contributed by atoms with Gasteiger partial charge >= 0.3 is 0 Å². The first-order valence-electron chi connectivity index (χ1n) is 7.74. The lowest BCUT2D eigenvalue weighted by Gasteiger charge is -2.29. The molecule has 0 saturated carbocycles. The third-order valence-electron chi connectivity index (χ3n) is 3.91. The van der Waals surface area contributed by atoms with Crippen molar-refractivity contribution in [3.05, 3.63) is 32.9 Å². The first-order valence-corrected chi connectivity index (χ1v) is 8.82. The summed E-state index contributed by atoms with van der Waals surface area (Å²) in [5, 5.41) is 11.4. The lowest BCUT2D eigenvalue weighted by atomic mass is 9.99. The smallest absolute Gasteiger partial charge is 0.236 e. The summed E-state index contributed by atoms with van der Waals surface area (Å²) in [5.74, 6) is -0.183. The Morgan fingerprint density at radius 1 is 1.41 bits per heavy atom. The molecule has 6 heteroatoms. The maximum absolute atomic E-state index is 11.5. The zero-order valence-corrected chi connectivity index (χ0v) is 15.1. The van der Waals surface area contributed by atoms with Crippen LogP contribution in [0.25, 0.3) is 0 Å². The van der Waals surface area contributed by atoms with Crippen LogP contribution in [0.1, 0.15) is 30.9 Å². The number of halogens is 1. The molecule has 1 atom stereocenters. The van der Waals surface area contributed by atoms with Crippen LogP contribution in [0.2, 0.25) is 0 Å². The molecule has 3 N–H and O–H groups in total. The molecule has 1 aromatic rings. The van der Waals surface area contributed by atoms with E-state index < -0.39 is 0 Å². The highest BCUT2D eigenvalue weighted by Crippen LogP contribution is 2.21. The molecule has 22 heavy (non-hydrogen) atoms. The number of carbonyl (C=O) groups is 1. The molecule has 5 nitrogen and oxygen atoms in total. The Morgan fingerprint density at radius 2 is 2.23 bits per heavy atom. The number of hydroxylamine groups is 1. The summed E-state index contributed by atoms with van der Waals surface area (Å²) >= 11 is 2.36. The number of carbonyl (C=O) groups excluding carboxylic acids is 1. The molecule has 0 radical (unpaired) electrons. The molecule has 0 aliphatic carbocycles. The second kappa shape index (κ2) is 8.81. The topological polar surface area (TPSA) is 64.6 Å². The summed E-state index contributed by atoms with van der Waals surface area (Å²) in [5.41, 5.74) is 4.74. The van der Waals surface area contributed by atoms with E-state index in [9.17, 15) is 4.79 Å². The van der Waals surface area contributed by atoms with Crippen molar-refractivity contribution in [1.29, 1.82) is 0 Å². The number of benzene rings is 1. The van der Waals surface area contributed by atoms with Gasteiger partial charge in [-0.15, -0.1) is 0 Å². The van der Waals surface area contributed by atoms with Gasteiger partial charge in [-0.05, 0) is 78.6 Å². The van der Waals surface area contributed by atoms with Crippen LogP contribution in [-0.2, 0) is 17.8 Å². The molecule has 2 rings (SSSR count). The van der Waals surface area contributed by atoms with E-state index in [0.29, 0.717) is 0 Å². The Kier molecular flexibility index (Phi) is 7.07. The molecule has 1 aliphatic rings. The van der Waals surface area contributed by atoms with Crippen LogP contribution in [0, 0.1) is 3.57 Å². The first-order chi connectivity index (χ1) is 10.6. The summed E-state index contributed by atoms with van der Waals surface area (Å²) in [6.45, 7) is 4.76. The van der Waals surface area contributed by atoms with Crippen molar-refractivity contribution in [2.75, 3.05) is 19.6 Å². The van der Waals surface area contributed by atoms with Gasteiger partial charge in [-0.1, -0.05) is 6.07 Å². The van der Waals surface area contributed by atoms with E-state index in [1.54, 1.807) is 0 Å². The van der Waals surface area contributed by atoms with Crippen LogP contribution in [0.3, 0.4) is 0 Å². The highest BCUT2D eigenvalue weighted by molar-refractivity contribution is 14.1. The van der Waals surface area contributed by atoms with Gasteiger partial charge in [0.25, 0.3) is 0 Å². The number of nitrogens with zero attached hydrogens (tertiary/aromatic N) is 1. The minimum Gasteiger partial charge on any atom is -0.351 e. The Hall–Kier alpha value is -0.700. The van der Waals surface area contributed by atoms with Crippen LogP contribution in [0.5, 0.6) is 0 Å². The molecule has 0 bridgehead atoms. The highest BCUT2D eigenvalue weighted by Gasteiger charge is 2.16. The molecule has 1 amide bonds. The van der Waals surface area contributed by atoms with Crippen LogP contribution in [0.4, 0.5) is 0 Å². The molecule has 0 spiro atoms. The molecule has 0 saturated heterocycles. The Morgan fingerprint density at radius 3 is 3.00 bits per heavy atom. The fraction of sp³-hybridized carbons (Fsp3) is 0.562. The quantitative estimate of drug-likeness (QED) is 0.506. The number of aryl methyl sites for hydroxylation is 1. The lowest BCUT2D eigenvalue weighted by molar-refractivity contribution is -0.122. The van der Waals surface area contributed by atoms with Gasteiger partial charge in [-0.25, -0.2) is 0 Å². The largest absolute Gasteiger partial charge is 0.351 e. The standard InChI is InChI=1S/C16H24IN3O2/c1-12(19-16(21)9-18-22)10-20-7-3-2-4-13-5-6-15(17)8-14(13)11-20/h5-6,8,12,18,22H,2-4,7,9-11H2,1H3,(H,19,21)/t12-/m0/s1. The average Bonchev–Trinajstić information content (AvgIpc) is 2.42. The van der Waals surface area contributed by atoms with Gasteiger partial charge in [0, 0.05) is 22.7 Å². The predicted octanol–water partition coefficient (Wildman–Crippen LogP) is 1.91. The fourth-order valence-corrected chi connectivity index (χ4v) is 3.50. The number of hydrogen-bond acceptors (Lipinski definition) is 4. The van der Waals surface area contributed by atoms with Gasteiger partial charge in [0.15, 0.2) is 0 Å². The monoisotopic (exact) mass is 417 g/mol. The lowest BCUT2D eigenvalue weighted by Crippen LogP contribution is -2.44. The van der Waals surface area contributed by atoms with E-state index in [1.807, 2.05) is 12.4 Å². The maximum Gasteiger partial charge on any atom is 0.236 e. The highest BCUT2D eigenvalue weighted by atomic mass is 127. The second-order valence-corrected chi connectivity index (χ2v) is 7.15. The van der Waals surface area contributed by atoms with Gasteiger partial charge in [0.05, 0.1) is 6.54 Å². The summed E-state index contributed by atoms with van der Waals surface area (Å²) in [7, 11) is 0. The van der Waals surface area contributed by atoms with Crippen molar-refractivity contribution in [1.82, 2.24) is 15.7 Å². The zero-order chi connectivity index (χ0) is 15.9. The molecule has 0 unspecified atom stereocenters. The summed E-state index contributed by atoms with van der Waals surface area (Å²) in [4.78, 5) is 13.9. The van der Waals surface area contributed by atoms with Crippen LogP contribution in [-0.4, -0.2) is 41.7 Å². The van der Waals surface area contributed by atoms with Gasteiger partial charge in [0.1, 0.15) is 0 Å². The Bertz CT molecular complexity index is 510. The van der Waals surface area contributed by atoms with Crippen molar-refractivity contribution in [2.45, 2.75) is 38.8 Å². The van der Waals surface area contributed by atoms with E-state index in [4.69, 9.17) is 5.21 Å². The molecule has 1 aliphatic heterocycles. The molecular weight excluding hydrogens is 393 g/mol. The average molecular weight is 417 g/mol. The summed E-state index contributed by atoms with van der Waals surface area (Å²) in [6, 6.07) is 6.76. The van der Waals surface area contributed by atoms with Crippen LogP contribution >= 0.6 is 22.6 Å². The predicted molar refractivity (Wildman–Crippen MR) is 94.8 cm³/mol. The molecule has 0 aromatic heterocycles. The Labute approximate surface area is 145 Å². The van der Waals surface area contributed by atoms with Crippen molar-refractivity contribution < 1.29 is 10.0 Å². The van der Waals surface area contributed by atoms with E-state index in [1.165, 1.54) is 27.5 Å². The van der Waals surface area contributed by atoms with Crippen molar-refractivity contribution in [2.24, 2.45) is 0 Å². The fourth-order valence-electron chi connectivity index (χ4n) is 2.94. The normalized spacial score (nSPS) is 17.2. The molecular formula is C16H24IN3O2. The second-order valence-electron chi connectivity index (χ2n) is 5.91. The molecule has 0 fully saturated rings. The van der Waals surface area contributed by atoms with Crippen molar-refractivity contribution in [3.63, 3.8) is 0 Å². The van der Waals surface area contributed by atoms with E-state index in [0.717, 1.165) is 26.1 Å². The maximum atomic E-state index is 11.5. The first kappa shape index (κ1) is 17.7. The van der Waals surface area contributed by atoms with Crippen molar-refractivity contribution in [3.8, 4) is 0 Å². The molecule has 1 aromatic carbocycles. The zero-order valence-electron chi connectivity index (χ0n) is 12.9. The molecule has 1 heterocycles. The number of hydrogen-bond donors (Lipinski definition) is 3. The van der Waals surface area contributed by atoms with Gasteiger partial charge in [0.2, 0.25) is 5.91 Å². The van der Waals surface area contributed by atoms with Crippen LogP contribution < -0.4 is 10.8 Å². The number of fused-ring (bicyclic) bond motifs is 1. The third kappa shape index (κ3) is 5.49. The van der Waals surface area contributed by atoms with Gasteiger partial charge in [-0.2, -0.15) is 5.48 Å². The Balaban J connectivity index is 1.97. The van der Waals surface area contributed by atoms with Gasteiger partial charge in [-0.3, -0.25) is 9.69 Å².